The zero-order chi connectivity index (χ0) is 15.1. The van der Waals surface area contributed by atoms with E-state index < -0.39 is 0 Å². The molecule has 0 aliphatic rings. The largest absolute Gasteiger partial charge is 0.488 e. The van der Waals surface area contributed by atoms with Gasteiger partial charge >= 0.3 is 0 Å². The van der Waals surface area contributed by atoms with Gasteiger partial charge in [0.05, 0.1) is 17.3 Å². The Bertz CT molecular complexity index is 572. The molecule has 0 bridgehead atoms. The zero-order valence-corrected chi connectivity index (χ0v) is 13.9. The minimum atomic E-state index is 0.512. The highest BCUT2D eigenvalue weighted by Gasteiger charge is 2.04. The summed E-state index contributed by atoms with van der Waals surface area (Å²) in [5.41, 5.74) is 2.25. The molecule has 0 radical (unpaired) electrons. The topological polar surface area (TPSA) is 48.3 Å². The summed E-state index contributed by atoms with van der Waals surface area (Å²) in [5.74, 6) is 0.833. The van der Waals surface area contributed by atoms with Crippen molar-refractivity contribution in [2.75, 3.05) is 20.3 Å². The van der Waals surface area contributed by atoms with Crippen molar-refractivity contribution in [3.05, 3.63) is 46.2 Å². The number of nitrogens with one attached hydrogen (secondary N) is 1. The number of ether oxygens (including phenoxy) is 2. The van der Waals surface area contributed by atoms with Crippen molar-refractivity contribution in [2.24, 2.45) is 7.05 Å². The van der Waals surface area contributed by atoms with Crippen molar-refractivity contribution < 1.29 is 9.47 Å². The van der Waals surface area contributed by atoms with Gasteiger partial charge in [0, 0.05) is 39.0 Å². The molecule has 5 nitrogen and oxygen atoms in total. The maximum Gasteiger partial charge on any atom is 0.134 e. The van der Waals surface area contributed by atoms with Crippen molar-refractivity contribution in [2.45, 2.75) is 13.2 Å². The Kier molecular flexibility index (Phi) is 6.22. The van der Waals surface area contributed by atoms with Crippen LogP contribution < -0.4 is 10.1 Å². The quantitative estimate of drug-likeness (QED) is 0.740. The van der Waals surface area contributed by atoms with Crippen LogP contribution in [0.2, 0.25) is 0 Å². The van der Waals surface area contributed by atoms with E-state index in [1.807, 2.05) is 25.5 Å². The number of nitrogens with zero attached hydrogens (tertiary/aromatic N) is 2. The SMILES string of the molecule is COCCNCc1ccc(OCc2cnn(C)c2)c(Br)c1. The Balaban J connectivity index is 1.86. The highest BCUT2D eigenvalue weighted by atomic mass is 79.9. The second kappa shape index (κ2) is 8.17. The van der Waals surface area contributed by atoms with Crippen LogP contribution in [0.1, 0.15) is 11.1 Å². The van der Waals surface area contributed by atoms with E-state index in [-0.39, 0.29) is 0 Å². The fourth-order valence-corrected chi connectivity index (χ4v) is 2.43. The Labute approximate surface area is 133 Å². The van der Waals surface area contributed by atoms with Gasteiger partial charge in [-0.25, -0.2) is 0 Å². The number of aromatic nitrogens is 2. The number of aryl methyl sites for hydroxylation is 1. The molecule has 2 aromatic rings. The lowest BCUT2D eigenvalue weighted by molar-refractivity contribution is 0.199. The van der Waals surface area contributed by atoms with Crippen LogP contribution in [-0.4, -0.2) is 30.0 Å². The van der Waals surface area contributed by atoms with Gasteiger partial charge in [-0.1, -0.05) is 6.07 Å². The van der Waals surface area contributed by atoms with Gasteiger partial charge < -0.3 is 14.8 Å². The van der Waals surface area contributed by atoms with Gasteiger partial charge in [0.15, 0.2) is 0 Å². The average Bonchev–Trinajstić information content (AvgIpc) is 2.88. The maximum absolute atomic E-state index is 5.79. The van der Waals surface area contributed by atoms with E-state index in [9.17, 15) is 0 Å². The summed E-state index contributed by atoms with van der Waals surface area (Å²) in [6.45, 7) is 2.88. The fraction of sp³-hybridized carbons (Fsp3) is 0.400. The number of methoxy groups -OCH3 is 1. The molecule has 1 heterocycles. The summed E-state index contributed by atoms with van der Waals surface area (Å²) in [5, 5.41) is 7.43. The number of hydrogen-bond donors (Lipinski definition) is 1. The molecule has 0 saturated carbocycles. The fourth-order valence-electron chi connectivity index (χ4n) is 1.89. The third-order valence-corrected chi connectivity index (χ3v) is 3.58. The van der Waals surface area contributed by atoms with E-state index in [0.717, 1.165) is 28.9 Å². The van der Waals surface area contributed by atoms with E-state index in [4.69, 9.17) is 9.47 Å². The van der Waals surface area contributed by atoms with Crippen molar-refractivity contribution in [1.82, 2.24) is 15.1 Å². The number of benzene rings is 1. The first-order chi connectivity index (χ1) is 10.2. The summed E-state index contributed by atoms with van der Waals surface area (Å²) in [6.07, 6.45) is 3.75. The monoisotopic (exact) mass is 353 g/mol. The Hall–Kier alpha value is -1.37. The minimum absolute atomic E-state index is 0.512. The molecule has 6 heteroatoms. The molecule has 0 spiro atoms. The first kappa shape index (κ1) is 16.0. The molecule has 1 aromatic heterocycles. The van der Waals surface area contributed by atoms with Crippen LogP contribution in [0.25, 0.3) is 0 Å². The summed E-state index contributed by atoms with van der Waals surface area (Å²) < 4.78 is 13.5. The third kappa shape index (κ3) is 5.15. The summed E-state index contributed by atoms with van der Waals surface area (Å²) in [7, 11) is 3.59. The Morgan fingerprint density at radius 1 is 1.33 bits per heavy atom. The minimum Gasteiger partial charge on any atom is -0.488 e. The highest BCUT2D eigenvalue weighted by molar-refractivity contribution is 9.10. The van der Waals surface area contributed by atoms with Gasteiger partial charge in [-0.2, -0.15) is 5.10 Å². The van der Waals surface area contributed by atoms with E-state index in [0.29, 0.717) is 13.2 Å². The molecule has 0 amide bonds. The van der Waals surface area contributed by atoms with Gasteiger partial charge in [-0.15, -0.1) is 0 Å². The molecule has 21 heavy (non-hydrogen) atoms. The molecule has 0 aliphatic heterocycles. The van der Waals surface area contributed by atoms with Crippen molar-refractivity contribution in [3.8, 4) is 5.75 Å². The predicted octanol–water partition coefficient (Wildman–Crippen LogP) is 2.50. The first-order valence-electron chi connectivity index (χ1n) is 6.77. The van der Waals surface area contributed by atoms with Crippen LogP contribution in [0.3, 0.4) is 0 Å². The smallest absolute Gasteiger partial charge is 0.134 e. The van der Waals surface area contributed by atoms with E-state index in [1.54, 1.807) is 11.8 Å². The average molecular weight is 354 g/mol. The van der Waals surface area contributed by atoms with Crippen molar-refractivity contribution >= 4 is 15.9 Å². The van der Waals surface area contributed by atoms with Crippen molar-refractivity contribution in [1.29, 1.82) is 0 Å². The van der Waals surface area contributed by atoms with Crippen LogP contribution in [0.4, 0.5) is 0 Å². The lowest BCUT2D eigenvalue weighted by atomic mass is 10.2. The van der Waals surface area contributed by atoms with E-state index in [1.165, 1.54) is 5.56 Å². The van der Waals surface area contributed by atoms with E-state index in [2.05, 4.69) is 38.5 Å². The predicted molar refractivity (Wildman–Crippen MR) is 85.3 cm³/mol. The van der Waals surface area contributed by atoms with Gasteiger partial charge in [-0.05, 0) is 33.6 Å². The molecular weight excluding hydrogens is 334 g/mol. The van der Waals surface area contributed by atoms with E-state index >= 15 is 0 Å². The van der Waals surface area contributed by atoms with Gasteiger partial charge in [0.25, 0.3) is 0 Å². The molecule has 0 aliphatic carbocycles. The lowest BCUT2D eigenvalue weighted by Crippen LogP contribution is -2.18. The molecule has 0 unspecified atom stereocenters. The number of halogens is 1. The standard InChI is InChI=1S/C15H20BrN3O2/c1-19-10-13(9-18-19)11-21-15-4-3-12(7-14(15)16)8-17-5-6-20-2/h3-4,7,9-10,17H,5-6,8,11H2,1-2H3. The summed E-state index contributed by atoms with van der Waals surface area (Å²) >= 11 is 3.55. The molecule has 2 rings (SSSR count). The van der Waals surface area contributed by atoms with Gasteiger partial charge in [0.2, 0.25) is 0 Å². The van der Waals surface area contributed by atoms with Crippen LogP contribution in [0, 0.1) is 0 Å². The summed E-state index contributed by atoms with van der Waals surface area (Å²) in [4.78, 5) is 0. The maximum atomic E-state index is 5.79. The molecule has 1 N–H and O–H groups in total. The van der Waals surface area contributed by atoms with Crippen molar-refractivity contribution in [3.63, 3.8) is 0 Å². The second-order valence-electron chi connectivity index (χ2n) is 4.75. The highest BCUT2D eigenvalue weighted by Crippen LogP contribution is 2.26. The number of rotatable bonds is 8. The number of hydrogen-bond acceptors (Lipinski definition) is 4. The van der Waals surface area contributed by atoms with Crippen LogP contribution in [0.15, 0.2) is 35.1 Å². The third-order valence-electron chi connectivity index (χ3n) is 2.96. The second-order valence-corrected chi connectivity index (χ2v) is 5.60. The first-order valence-corrected chi connectivity index (χ1v) is 7.56. The lowest BCUT2D eigenvalue weighted by Gasteiger charge is -2.09. The molecule has 114 valence electrons. The van der Waals surface area contributed by atoms with Gasteiger partial charge in [0.1, 0.15) is 12.4 Å². The normalized spacial score (nSPS) is 10.8. The molecule has 0 atom stereocenters. The Morgan fingerprint density at radius 2 is 2.19 bits per heavy atom. The van der Waals surface area contributed by atoms with Gasteiger partial charge in [-0.3, -0.25) is 4.68 Å². The molecule has 1 aromatic carbocycles. The van der Waals surface area contributed by atoms with Crippen LogP contribution in [-0.2, 0) is 24.9 Å². The molecule has 0 fully saturated rings. The summed E-state index contributed by atoms with van der Waals surface area (Å²) in [6, 6.07) is 6.11. The van der Waals surface area contributed by atoms with Crippen LogP contribution in [0.5, 0.6) is 5.75 Å². The molecule has 0 saturated heterocycles. The molecular formula is C15H20BrN3O2. The Morgan fingerprint density at radius 3 is 2.86 bits per heavy atom. The zero-order valence-electron chi connectivity index (χ0n) is 12.3. The van der Waals surface area contributed by atoms with Crippen LogP contribution >= 0.6 is 15.9 Å².